The topological polar surface area (TPSA) is 18.5 Å². The Hall–Kier alpha value is -1.64. The fourth-order valence-corrected chi connectivity index (χ4v) is 2.71. The molecule has 0 aliphatic carbocycles. The summed E-state index contributed by atoms with van der Waals surface area (Å²) in [6.07, 6.45) is 1.82. The van der Waals surface area contributed by atoms with Crippen LogP contribution in [-0.2, 0) is 22.3 Å². The monoisotopic (exact) mass is 268 g/mol. The molecule has 1 saturated heterocycles. The number of hydrogen-bond donors (Lipinski definition) is 0. The van der Waals surface area contributed by atoms with Crippen molar-refractivity contribution < 1.29 is 9.47 Å². The second-order valence-corrected chi connectivity index (χ2v) is 5.35. The van der Waals surface area contributed by atoms with E-state index in [4.69, 9.17) is 9.47 Å². The first-order valence-corrected chi connectivity index (χ1v) is 7.20. The maximum atomic E-state index is 5.72. The van der Waals surface area contributed by atoms with E-state index in [1.165, 1.54) is 11.1 Å². The van der Waals surface area contributed by atoms with E-state index in [1.54, 1.807) is 0 Å². The van der Waals surface area contributed by atoms with Gasteiger partial charge in [-0.05, 0) is 30.9 Å². The minimum Gasteiger partial charge on any atom is -0.324 e. The molecule has 1 aliphatic heterocycles. The summed E-state index contributed by atoms with van der Waals surface area (Å²) in [6.45, 7) is 1.94. The summed E-state index contributed by atoms with van der Waals surface area (Å²) in [5.74, 6) is 0.357. The van der Waals surface area contributed by atoms with Gasteiger partial charge in [-0.1, -0.05) is 60.7 Å². The first kappa shape index (κ1) is 13.3. The van der Waals surface area contributed by atoms with Gasteiger partial charge in [-0.2, -0.15) is 0 Å². The van der Waals surface area contributed by atoms with E-state index in [1.807, 2.05) is 19.1 Å². The number of rotatable bonds is 5. The molecule has 2 nitrogen and oxygen atoms in total. The SMILES string of the molecule is CC1OC(C(Cc2ccccc2)Cc2ccccc2)O1. The summed E-state index contributed by atoms with van der Waals surface area (Å²) in [7, 11) is 0. The third-order valence-corrected chi connectivity index (χ3v) is 3.72. The lowest BCUT2D eigenvalue weighted by Gasteiger charge is -2.39. The maximum Gasteiger partial charge on any atom is 0.167 e. The second-order valence-electron chi connectivity index (χ2n) is 5.35. The minimum absolute atomic E-state index is 0.0611. The fraction of sp³-hybridized carbons (Fsp3) is 0.333. The van der Waals surface area contributed by atoms with Crippen molar-refractivity contribution in [3.63, 3.8) is 0 Å². The molecule has 0 N–H and O–H groups in total. The zero-order valence-electron chi connectivity index (χ0n) is 11.7. The van der Waals surface area contributed by atoms with Crippen LogP contribution in [0, 0.1) is 5.92 Å². The molecule has 1 heterocycles. The normalized spacial score (nSPS) is 21.7. The van der Waals surface area contributed by atoms with E-state index >= 15 is 0 Å². The van der Waals surface area contributed by atoms with Crippen molar-refractivity contribution in [1.82, 2.24) is 0 Å². The number of benzene rings is 2. The average Bonchev–Trinajstić information content (AvgIpc) is 2.46. The van der Waals surface area contributed by atoms with Crippen LogP contribution in [0.2, 0.25) is 0 Å². The Morgan fingerprint density at radius 1 is 0.800 bits per heavy atom. The van der Waals surface area contributed by atoms with Crippen LogP contribution in [0.15, 0.2) is 60.7 Å². The first-order chi connectivity index (χ1) is 9.81. The zero-order valence-corrected chi connectivity index (χ0v) is 11.7. The first-order valence-electron chi connectivity index (χ1n) is 7.20. The Morgan fingerprint density at radius 3 is 1.65 bits per heavy atom. The van der Waals surface area contributed by atoms with Crippen LogP contribution in [0.5, 0.6) is 0 Å². The lowest BCUT2D eigenvalue weighted by molar-refractivity contribution is -0.392. The largest absolute Gasteiger partial charge is 0.324 e. The van der Waals surface area contributed by atoms with Gasteiger partial charge in [-0.15, -0.1) is 0 Å². The van der Waals surface area contributed by atoms with Gasteiger partial charge in [0.2, 0.25) is 0 Å². The lowest BCUT2D eigenvalue weighted by Crippen LogP contribution is -2.45. The molecule has 0 saturated carbocycles. The van der Waals surface area contributed by atoms with Crippen molar-refractivity contribution in [2.45, 2.75) is 32.3 Å². The third-order valence-electron chi connectivity index (χ3n) is 3.72. The van der Waals surface area contributed by atoms with Crippen molar-refractivity contribution in [1.29, 1.82) is 0 Å². The Balaban J connectivity index is 1.71. The van der Waals surface area contributed by atoms with Crippen molar-refractivity contribution in [3.05, 3.63) is 71.8 Å². The predicted octanol–water partition coefficient (Wildman–Crippen LogP) is 3.81. The summed E-state index contributed by atoms with van der Waals surface area (Å²) < 4.78 is 11.4. The highest BCUT2D eigenvalue weighted by molar-refractivity contribution is 5.19. The average molecular weight is 268 g/mol. The molecule has 0 radical (unpaired) electrons. The highest BCUT2D eigenvalue weighted by Gasteiger charge is 2.34. The molecule has 0 amide bonds. The molecule has 20 heavy (non-hydrogen) atoms. The molecular weight excluding hydrogens is 248 g/mol. The molecule has 104 valence electrons. The smallest absolute Gasteiger partial charge is 0.167 e. The Bertz CT molecular complexity index is 476. The molecule has 2 heteroatoms. The predicted molar refractivity (Wildman–Crippen MR) is 79.2 cm³/mol. The fourth-order valence-electron chi connectivity index (χ4n) is 2.71. The standard InChI is InChI=1S/C18H20O2/c1-14-19-18(20-14)17(12-15-8-4-2-5-9-15)13-16-10-6-3-7-11-16/h2-11,14,17-18H,12-13H2,1H3. The van der Waals surface area contributed by atoms with Crippen LogP contribution in [0.25, 0.3) is 0 Å². The van der Waals surface area contributed by atoms with Gasteiger partial charge >= 0.3 is 0 Å². The highest BCUT2D eigenvalue weighted by atomic mass is 16.9. The Kier molecular flexibility index (Phi) is 4.14. The van der Waals surface area contributed by atoms with Gasteiger partial charge in [0.1, 0.15) is 0 Å². The Labute approximate surface area is 120 Å². The molecule has 2 aromatic carbocycles. The molecular formula is C18H20O2. The summed E-state index contributed by atoms with van der Waals surface area (Å²) in [5, 5.41) is 0. The number of ether oxygens (including phenoxy) is 2. The molecule has 0 atom stereocenters. The van der Waals surface area contributed by atoms with Gasteiger partial charge in [-0.25, -0.2) is 0 Å². The van der Waals surface area contributed by atoms with Gasteiger partial charge in [0, 0.05) is 5.92 Å². The van der Waals surface area contributed by atoms with Crippen LogP contribution in [-0.4, -0.2) is 12.6 Å². The molecule has 0 spiro atoms. The third kappa shape index (κ3) is 3.27. The summed E-state index contributed by atoms with van der Waals surface area (Å²) in [5.41, 5.74) is 2.67. The molecule has 1 fully saturated rings. The van der Waals surface area contributed by atoms with E-state index in [2.05, 4.69) is 48.5 Å². The Morgan fingerprint density at radius 2 is 1.25 bits per heavy atom. The lowest BCUT2D eigenvalue weighted by atomic mass is 9.91. The molecule has 0 aromatic heterocycles. The molecule has 0 unspecified atom stereocenters. The van der Waals surface area contributed by atoms with E-state index in [0.717, 1.165) is 12.8 Å². The van der Waals surface area contributed by atoms with Gasteiger partial charge in [0.15, 0.2) is 12.6 Å². The van der Waals surface area contributed by atoms with Gasteiger partial charge in [0.25, 0.3) is 0 Å². The minimum atomic E-state index is -0.0783. The molecule has 2 aromatic rings. The van der Waals surface area contributed by atoms with E-state index in [9.17, 15) is 0 Å². The van der Waals surface area contributed by atoms with E-state index in [-0.39, 0.29) is 12.6 Å². The van der Waals surface area contributed by atoms with Crippen LogP contribution in [0.4, 0.5) is 0 Å². The van der Waals surface area contributed by atoms with E-state index < -0.39 is 0 Å². The summed E-state index contributed by atoms with van der Waals surface area (Å²) in [6, 6.07) is 21.1. The van der Waals surface area contributed by atoms with E-state index in [0.29, 0.717) is 5.92 Å². The molecule has 1 aliphatic rings. The molecule has 3 rings (SSSR count). The second kappa shape index (κ2) is 6.21. The quantitative estimate of drug-likeness (QED) is 0.821. The van der Waals surface area contributed by atoms with Crippen LogP contribution in [0.1, 0.15) is 18.1 Å². The maximum absolute atomic E-state index is 5.72. The van der Waals surface area contributed by atoms with Crippen molar-refractivity contribution in [3.8, 4) is 0 Å². The van der Waals surface area contributed by atoms with Gasteiger partial charge in [-0.3, -0.25) is 0 Å². The van der Waals surface area contributed by atoms with Crippen LogP contribution in [0.3, 0.4) is 0 Å². The summed E-state index contributed by atoms with van der Waals surface area (Å²) >= 11 is 0. The van der Waals surface area contributed by atoms with Crippen molar-refractivity contribution >= 4 is 0 Å². The van der Waals surface area contributed by atoms with Crippen molar-refractivity contribution in [2.75, 3.05) is 0 Å². The van der Waals surface area contributed by atoms with Gasteiger partial charge in [0.05, 0.1) is 0 Å². The summed E-state index contributed by atoms with van der Waals surface area (Å²) in [4.78, 5) is 0. The highest BCUT2D eigenvalue weighted by Crippen LogP contribution is 2.28. The van der Waals surface area contributed by atoms with Gasteiger partial charge < -0.3 is 9.47 Å². The zero-order chi connectivity index (χ0) is 13.8. The van der Waals surface area contributed by atoms with Crippen LogP contribution < -0.4 is 0 Å². The number of hydrogen-bond acceptors (Lipinski definition) is 2. The van der Waals surface area contributed by atoms with Crippen LogP contribution >= 0.6 is 0 Å². The van der Waals surface area contributed by atoms with Crippen molar-refractivity contribution in [2.24, 2.45) is 5.92 Å². The molecule has 0 bridgehead atoms.